The van der Waals surface area contributed by atoms with E-state index in [0.717, 1.165) is 5.56 Å². The first-order valence-corrected chi connectivity index (χ1v) is 6.51. The Labute approximate surface area is 121 Å². The average molecular weight is 299 g/mol. The van der Waals surface area contributed by atoms with Crippen molar-refractivity contribution in [3.05, 3.63) is 28.8 Å². The number of hydrogen-bond donors (Lipinski definition) is 2. The Hall–Kier alpha value is -1.79. The molecule has 0 aliphatic carbocycles. The van der Waals surface area contributed by atoms with Gasteiger partial charge in [-0.15, -0.1) is 0 Å². The van der Waals surface area contributed by atoms with E-state index in [9.17, 15) is 9.59 Å². The van der Waals surface area contributed by atoms with Crippen molar-refractivity contribution in [2.24, 2.45) is 0 Å². The van der Waals surface area contributed by atoms with Crippen LogP contribution in [0.15, 0.2) is 18.2 Å². The van der Waals surface area contributed by atoms with Crippen LogP contribution in [-0.2, 0) is 9.53 Å². The Morgan fingerprint density at radius 1 is 1.50 bits per heavy atom. The van der Waals surface area contributed by atoms with Crippen molar-refractivity contribution in [1.82, 2.24) is 4.90 Å². The van der Waals surface area contributed by atoms with E-state index < -0.39 is 12.2 Å². The normalized spacial score (nSPS) is 18.7. The number of carbonyl (C=O) groups excluding carboxylic acids is 1. The van der Waals surface area contributed by atoms with Gasteiger partial charge in [-0.3, -0.25) is 4.79 Å². The van der Waals surface area contributed by atoms with Crippen LogP contribution in [0.3, 0.4) is 0 Å². The minimum absolute atomic E-state index is 0.0355. The number of carboxylic acid groups (broad SMARTS) is 1. The molecule has 1 saturated heterocycles. The van der Waals surface area contributed by atoms with Crippen molar-refractivity contribution < 1.29 is 19.4 Å². The number of ether oxygens (including phenoxy) is 1. The molecular weight excluding hydrogens is 284 g/mol. The lowest BCUT2D eigenvalue weighted by molar-refractivity contribution is -0.131. The van der Waals surface area contributed by atoms with E-state index in [1.807, 2.05) is 6.92 Å². The Morgan fingerprint density at radius 2 is 2.25 bits per heavy atom. The van der Waals surface area contributed by atoms with E-state index in [4.69, 9.17) is 21.4 Å². The molecule has 1 atom stereocenters. The third-order valence-corrected chi connectivity index (χ3v) is 3.31. The standard InChI is InChI=1S/C13H15ClN2O4/c1-8-6-9(14)2-3-10(8)15-12(17)11-7-16(13(18)19)4-5-20-11/h2-3,6,11H,4-5,7H2,1H3,(H,15,17)(H,18,19)/t11-/m0/s1. The maximum absolute atomic E-state index is 12.1. The maximum atomic E-state index is 12.1. The molecule has 0 unspecified atom stereocenters. The lowest BCUT2D eigenvalue weighted by atomic mass is 10.2. The second kappa shape index (κ2) is 6.11. The summed E-state index contributed by atoms with van der Waals surface area (Å²) in [5, 5.41) is 12.2. The first-order chi connectivity index (χ1) is 9.47. The molecule has 0 radical (unpaired) electrons. The Kier molecular flexibility index (Phi) is 4.46. The second-order valence-electron chi connectivity index (χ2n) is 4.54. The van der Waals surface area contributed by atoms with E-state index in [-0.39, 0.29) is 25.6 Å². The summed E-state index contributed by atoms with van der Waals surface area (Å²) in [6, 6.07) is 5.12. The van der Waals surface area contributed by atoms with Gasteiger partial charge in [-0.05, 0) is 30.7 Å². The monoisotopic (exact) mass is 298 g/mol. The number of amides is 2. The van der Waals surface area contributed by atoms with Gasteiger partial charge in [0.25, 0.3) is 5.91 Å². The van der Waals surface area contributed by atoms with Gasteiger partial charge in [-0.2, -0.15) is 0 Å². The van der Waals surface area contributed by atoms with Gasteiger partial charge in [-0.1, -0.05) is 11.6 Å². The largest absolute Gasteiger partial charge is 0.465 e. The van der Waals surface area contributed by atoms with Gasteiger partial charge in [0.2, 0.25) is 0 Å². The number of halogens is 1. The summed E-state index contributed by atoms with van der Waals surface area (Å²) in [7, 11) is 0. The first-order valence-electron chi connectivity index (χ1n) is 6.14. The molecule has 0 spiro atoms. The van der Waals surface area contributed by atoms with Crippen molar-refractivity contribution in [2.45, 2.75) is 13.0 Å². The quantitative estimate of drug-likeness (QED) is 0.875. The smallest absolute Gasteiger partial charge is 0.407 e. The zero-order valence-corrected chi connectivity index (χ0v) is 11.7. The van der Waals surface area contributed by atoms with Crippen molar-refractivity contribution in [1.29, 1.82) is 0 Å². The molecule has 1 aromatic rings. The Morgan fingerprint density at radius 3 is 2.90 bits per heavy atom. The van der Waals surface area contributed by atoms with E-state index in [0.29, 0.717) is 10.7 Å². The van der Waals surface area contributed by atoms with E-state index in [2.05, 4.69) is 5.32 Å². The van der Waals surface area contributed by atoms with Crippen LogP contribution in [-0.4, -0.2) is 47.8 Å². The predicted molar refractivity (Wildman–Crippen MR) is 74.2 cm³/mol. The molecule has 7 heteroatoms. The van der Waals surface area contributed by atoms with Crippen molar-refractivity contribution in [2.75, 3.05) is 25.0 Å². The van der Waals surface area contributed by atoms with E-state index >= 15 is 0 Å². The zero-order valence-electron chi connectivity index (χ0n) is 10.9. The lowest BCUT2D eigenvalue weighted by Gasteiger charge is -2.30. The van der Waals surface area contributed by atoms with Gasteiger partial charge < -0.3 is 20.1 Å². The molecular formula is C13H15ClN2O4. The SMILES string of the molecule is Cc1cc(Cl)ccc1NC(=O)[C@@H]1CN(C(=O)O)CCO1. The molecule has 108 valence electrons. The average Bonchev–Trinajstić information content (AvgIpc) is 2.42. The number of hydrogen-bond acceptors (Lipinski definition) is 3. The molecule has 20 heavy (non-hydrogen) atoms. The summed E-state index contributed by atoms with van der Waals surface area (Å²) in [6.07, 6.45) is -1.84. The summed E-state index contributed by atoms with van der Waals surface area (Å²) >= 11 is 5.85. The molecule has 0 saturated carbocycles. The molecule has 2 rings (SSSR count). The Balaban J connectivity index is 2.02. The highest BCUT2D eigenvalue weighted by Crippen LogP contribution is 2.20. The van der Waals surface area contributed by atoms with Crippen molar-refractivity contribution in [3.63, 3.8) is 0 Å². The number of carbonyl (C=O) groups is 2. The highest BCUT2D eigenvalue weighted by molar-refractivity contribution is 6.30. The van der Waals surface area contributed by atoms with Crippen LogP contribution < -0.4 is 5.32 Å². The lowest BCUT2D eigenvalue weighted by Crippen LogP contribution is -2.49. The molecule has 0 aromatic heterocycles. The minimum Gasteiger partial charge on any atom is -0.465 e. The minimum atomic E-state index is -1.05. The fraction of sp³-hybridized carbons (Fsp3) is 0.385. The highest BCUT2D eigenvalue weighted by atomic mass is 35.5. The van der Waals surface area contributed by atoms with Crippen LogP contribution in [0.2, 0.25) is 5.02 Å². The highest BCUT2D eigenvalue weighted by Gasteiger charge is 2.29. The summed E-state index contributed by atoms with van der Waals surface area (Å²) < 4.78 is 5.31. The van der Waals surface area contributed by atoms with Crippen LogP contribution >= 0.6 is 11.6 Å². The van der Waals surface area contributed by atoms with Crippen molar-refractivity contribution >= 4 is 29.3 Å². The summed E-state index contributed by atoms with van der Waals surface area (Å²) in [6.45, 7) is 2.35. The molecule has 6 nitrogen and oxygen atoms in total. The van der Waals surface area contributed by atoms with Gasteiger partial charge in [0.1, 0.15) is 0 Å². The number of nitrogens with one attached hydrogen (secondary N) is 1. The summed E-state index contributed by atoms with van der Waals surface area (Å²) in [4.78, 5) is 24.1. The van der Waals surface area contributed by atoms with Gasteiger partial charge >= 0.3 is 6.09 Å². The van der Waals surface area contributed by atoms with Crippen LogP contribution in [0.5, 0.6) is 0 Å². The molecule has 1 fully saturated rings. The van der Waals surface area contributed by atoms with Gasteiger partial charge in [0.15, 0.2) is 6.10 Å². The number of nitrogens with zero attached hydrogens (tertiary/aromatic N) is 1. The maximum Gasteiger partial charge on any atom is 0.407 e. The number of rotatable bonds is 2. The third-order valence-electron chi connectivity index (χ3n) is 3.08. The fourth-order valence-electron chi connectivity index (χ4n) is 1.96. The predicted octanol–water partition coefficient (Wildman–Crippen LogP) is 1.97. The first kappa shape index (κ1) is 14.6. The van der Waals surface area contributed by atoms with Crippen LogP contribution in [0, 0.1) is 6.92 Å². The molecule has 1 aromatic carbocycles. The topological polar surface area (TPSA) is 78.9 Å². The molecule has 2 N–H and O–H groups in total. The van der Waals surface area contributed by atoms with Gasteiger partial charge in [0, 0.05) is 17.3 Å². The zero-order chi connectivity index (χ0) is 14.7. The van der Waals surface area contributed by atoms with Crippen LogP contribution in [0.25, 0.3) is 0 Å². The molecule has 2 amide bonds. The Bertz CT molecular complexity index is 535. The van der Waals surface area contributed by atoms with Crippen LogP contribution in [0.1, 0.15) is 5.56 Å². The number of aryl methyl sites for hydroxylation is 1. The second-order valence-corrected chi connectivity index (χ2v) is 4.97. The number of morpholine rings is 1. The van der Waals surface area contributed by atoms with E-state index in [1.54, 1.807) is 18.2 Å². The van der Waals surface area contributed by atoms with Gasteiger partial charge in [-0.25, -0.2) is 4.79 Å². The number of anilines is 1. The molecule has 1 aliphatic rings. The molecule has 1 heterocycles. The molecule has 1 aliphatic heterocycles. The number of benzene rings is 1. The van der Waals surface area contributed by atoms with Gasteiger partial charge in [0.05, 0.1) is 13.2 Å². The van der Waals surface area contributed by atoms with E-state index in [1.165, 1.54) is 4.90 Å². The van der Waals surface area contributed by atoms with Crippen LogP contribution in [0.4, 0.5) is 10.5 Å². The fourth-order valence-corrected chi connectivity index (χ4v) is 2.19. The van der Waals surface area contributed by atoms with Crippen molar-refractivity contribution in [3.8, 4) is 0 Å². The molecule has 0 bridgehead atoms. The summed E-state index contributed by atoms with van der Waals surface area (Å²) in [5.74, 6) is -0.360. The summed E-state index contributed by atoms with van der Waals surface area (Å²) in [5.41, 5.74) is 1.46. The third kappa shape index (κ3) is 3.40.